The van der Waals surface area contributed by atoms with E-state index in [1.54, 1.807) is 36.4 Å². The van der Waals surface area contributed by atoms with Crippen LogP contribution in [0.2, 0.25) is 0 Å². The largest absolute Gasteiger partial charge is 0.507 e. The summed E-state index contributed by atoms with van der Waals surface area (Å²) in [5, 5.41) is 11.6. The highest BCUT2D eigenvalue weighted by atomic mass is 16.3. The summed E-state index contributed by atoms with van der Waals surface area (Å²) in [4.78, 5) is 27.9. The molecule has 24 heavy (non-hydrogen) atoms. The summed E-state index contributed by atoms with van der Waals surface area (Å²) in [5.41, 5.74) is 6.59. The molecule has 0 spiro atoms. The molecule has 0 aliphatic heterocycles. The highest BCUT2D eigenvalue weighted by molar-refractivity contribution is 6.12. The number of phenolic OH excluding ortho intramolecular Hbond substituents is 1. The van der Waals surface area contributed by atoms with E-state index in [4.69, 9.17) is 5.73 Å². The number of phenols is 1. The highest BCUT2D eigenvalue weighted by Crippen LogP contribution is 2.28. The Kier molecular flexibility index (Phi) is 2.93. The topological polar surface area (TPSA) is 101 Å². The van der Waals surface area contributed by atoms with Gasteiger partial charge < -0.3 is 15.8 Å². The maximum atomic E-state index is 13.0. The van der Waals surface area contributed by atoms with Crippen molar-refractivity contribution in [3.05, 3.63) is 70.6 Å². The number of imidazole rings is 1. The van der Waals surface area contributed by atoms with Crippen LogP contribution in [-0.4, -0.2) is 20.6 Å². The van der Waals surface area contributed by atoms with E-state index in [0.29, 0.717) is 22.1 Å². The average molecular weight is 319 g/mol. The van der Waals surface area contributed by atoms with Crippen molar-refractivity contribution in [2.45, 2.75) is 0 Å². The molecular weight excluding hydrogens is 306 g/mol. The lowest BCUT2D eigenvalue weighted by atomic mass is 10.0. The normalized spacial score (nSPS) is 11.2. The number of carbonyl (C=O) groups excluding carboxylic acids is 1. The molecule has 6 nitrogen and oxygen atoms in total. The molecule has 0 saturated heterocycles. The minimum absolute atomic E-state index is 0.0820. The first kappa shape index (κ1) is 14.1. The van der Waals surface area contributed by atoms with Crippen LogP contribution in [0.25, 0.3) is 21.8 Å². The Morgan fingerprint density at radius 2 is 1.88 bits per heavy atom. The molecule has 0 atom stereocenters. The van der Waals surface area contributed by atoms with Gasteiger partial charge in [-0.1, -0.05) is 30.3 Å². The van der Waals surface area contributed by atoms with Crippen molar-refractivity contribution >= 4 is 33.4 Å². The van der Waals surface area contributed by atoms with Crippen LogP contribution in [0.5, 0.6) is 5.75 Å². The third-order valence-corrected chi connectivity index (χ3v) is 4.03. The summed E-state index contributed by atoms with van der Waals surface area (Å²) in [7, 11) is 0. The minimum Gasteiger partial charge on any atom is -0.507 e. The fraction of sp³-hybridized carbons (Fsp3) is 0. The number of H-pyrrole nitrogens is 1. The maximum absolute atomic E-state index is 13.0. The fourth-order valence-electron chi connectivity index (χ4n) is 2.92. The number of fused-ring (bicyclic) bond motifs is 2. The lowest BCUT2D eigenvalue weighted by Crippen LogP contribution is -2.25. The first-order chi connectivity index (χ1) is 11.6. The number of carbonyl (C=O) groups is 1. The summed E-state index contributed by atoms with van der Waals surface area (Å²) < 4.78 is 0.993. The molecule has 4 aromatic rings. The van der Waals surface area contributed by atoms with E-state index in [9.17, 15) is 14.7 Å². The van der Waals surface area contributed by atoms with Crippen LogP contribution in [0.3, 0.4) is 0 Å². The first-order valence-corrected chi connectivity index (χ1v) is 7.32. The summed E-state index contributed by atoms with van der Waals surface area (Å²) in [6.07, 6.45) is 0. The Morgan fingerprint density at radius 3 is 2.71 bits per heavy atom. The SMILES string of the molecule is Nc1ccc2[nH]c(=O)n(C(=O)c3c(O)ccc4ccccc34)c2c1. The van der Waals surface area contributed by atoms with Gasteiger partial charge in [-0.25, -0.2) is 9.36 Å². The lowest BCUT2D eigenvalue weighted by molar-refractivity contribution is 0.0960. The number of nitrogen functional groups attached to an aromatic ring is 1. The van der Waals surface area contributed by atoms with Crippen molar-refractivity contribution in [1.82, 2.24) is 9.55 Å². The van der Waals surface area contributed by atoms with Gasteiger partial charge in [0.15, 0.2) is 0 Å². The zero-order chi connectivity index (χ0) is 16.8. The number of nitrogens with two attached hydrogens (primary N) is 1. The third kappa shape index (κ3) is 1.97. The summed E-state index contributed by atoms with van der Waals surface area (Å²) in [6.45, 7) is 0. The lowest BCUT2D eigenvalue weighted by Gasteiger charge is -2.09. The van der Waals surface area contributed by atoms with Crippen LogP contribution < -0.4 is 11.4 Å². The molecule has 0 bridgehead atoms. The molecule has 118 valence electrons. The zero-order valence-electron chi connectivity index (χ0n) is 12.5. The van der Waals surface area contributed by atoms with E-state index < -0.39 is 11.6 Å². The molecule has 0 unspecified atom stereocenters. The number of hydrogen-bond acceptors (Lipinski definition) is 4. The number of benzene rings is 3. The molecule has 4 rings (SSSR count). The number of hydrogen-bond donors (Lipinski definition) is 3. The Balaban J connectivity index is 2.05. The highest BCUT2D eigenvalue weighted by Gasteiger charge is 2.21. The summed E-state index contributed by atoms with van der Waals surface area (Å²) in [5.74, 6) is -0.782. The Hall–Kier alpha value is -3.54. The van der Waals surface area contributed by atoms with Crippen LogP contribution in [0, 0.1) is 0 Å². The number of aromatic hydroxyl groups is 1. The number of aromatic nitrogens is 2. The van der Waals surface area contributed by atoms with Crippen LogP contribution in [0.1, 0.15) is 10.4 Å². The van der Waals surface area contributed by atoms with E-state index in [1.165, 1.54) is 6.07 Å². The molecular formula is C18H13N3O3. The molecule has 0 radical (unpaired) electrons. The standard InChI is InChI=1S/C18H13N3O3/c19-11-6-7-13-14(9-11)21(18(24)20-13)17(23)16-12-4-2-1-3-10(12)5-8-15(16)22/h1-9,22H,19H2,(H,20,24). The van der Waals surface area contributed by atoms with Gasteiger partial charge in [-0.15, -0.1) is 0 Å². The van der Waals surface area contributed by atoms with Gasteiger partial charge in [0, 0.05) is 5.69 Å². The summed E-state index contributed by atoms with van der Waals surface area (Å²) in [6, 6.07) is 15.2. The molecule has 0 amide bonds. The predicted molar refractivity (Wildman–Crippen MR) is 92.3 cm³/mol. The van der Waals surface area contributed by atoms with E-state index in [2.05, 4.69) is 4.98 Å². The van der Waals surface area contributed by atoms with E-state index in [1.807, 2.05) is 12.1 Å². The van der Waals surface area contributed by atoms with Gasteiger partial charge in [0.1, 0.15) is 5.75 Å². The van der Waals surface area contributed by atoms with Gasteiger partial charge in [0.25, 0.3) is 5.91 Å². The third-order valence-electron chi connectivity index (χ3n) is 4.03. The second-order valence-corrected chi connectivity index (χ2v) is 5.53. The molecule has 4 N–H and O–H groups in total. The van der Waals surface area contributed by atoms with Gasteiger partial charge in [-0.05, 0) is 35.0 Å². The fourth-order valence-corrected chi connectivity index (χ4v) is 2.92. The monoisotopic (exact) mass is 319 g/mol. The molecule has 1 aromatic heterocycles. The van der Waals surface area contributed by atoms with Crippen LogP contribution in [0.4, 0.5) is 5.69 Å². The molecule has 1 heterocycles. The zero-order valence-corrected chi connectivity index (χ0v) is 12.5. The van der Waals surface area contributed by atoms with Crippen molar-refractivity contribution in [2.24, 2.45) is 0 Å². The van der Waals surface area contributed by atoms with Crippen LogP contribution >= 0.6 is 0 Å². The van der Waals surface area contributed by atoms with E-state index in [-0.39, 0.29) is 11.3 Å². The van der Waals surface area contributed by atoms with Gasteiger partial charge in [-0.2, -0.15) is 0 Å². The van der Waals surface area contributed by atoms with Crippen molar-refractivity contribution < 1.29 is 9.90 Å². The second-order valence-electron chi connectivity index (χ2n) is 5.53. The Labute approximate surface area is 135 Å². The van der Waals surface area contributed by atoms with Crippen molar-refractivity contribution in [2.75, 3.05) is 5.73 Å². The number of nitrogens with zero attached hydrogens (tertiary/aromatic N) is 1. The number of rotatable bonds is 1. The maximum Gasteiger partial charge on any atom is 0.333 e. The van der Waals surface area contributed by atoms with Gasteiger partial charge in [0.05, 0.1) is 16.6 Å². The number of aromatic amines is 1. The van der Waals surface area contributed by atoms with Crippen molar-refractivity contribution in [1.29, 1.82) is 0 Å². The molecule has 0 fully saturated rings. The Morgan fingerprint density at radius 1 is 1.08 bits per heavy atom. The van der Waals surface area contributed by atoms with E-state index >= 15 is 0 Å². The Bertz CT molecular complexity index is 1170. The number of anilines is 1. The number of nitrogens with one attached hydrogen (secondary N) is 1. The van der Waals surface area contributed by atoms with Crippen molar-refractivity contribution in [3.63, 3.8) is 0 Å². The molecule has 0 saturated carbocycles. The second kappa shape index (κ2) is 4.99. The van der Waals surface area contributed by atoms with Gasteiger partial charge in [0.2, 0.25) is 0 Å². The predicted octanol–water partition coefficient (Wildman–Crippen LogP) is 2.46. The minimum atomic E-state index is -0.605. The molecule has 0 aliphatic rings. The quantitative estimate of drug-likeness (QED) is 0.469. The van der Waals surface area contributed by atoms with Crippen molar-refractivity contribution in [3.8, 4) is 5.75 Å². The first-order valence-electron chi connectivity index (χ1n) is 7.32. The van der Waals surface area contributed by atoms with Gasteiger partial charge in [-0.3, -0.25) is 4.79 Å². The molecule has 0 aliphatic carbocycles. The van der Waals surface area contributed by atoms with Crippen LogP contribution in [0.15, 0.2) is 59.4 Å². The van der Waals surface area contributed by atoms with Crippen LogP contribution in [-0.2, 0) is 0 Å². The molecule has 3 aromatic carbocycles. The van der Waals surface area contributed by atoms with E-state index in [0.717, 1.165) is 9.95 Å². The molecule has 6 heteroatoms. The average Bonchev–Trinajstić information content (AvgIpc) is 2.89. The smallest absolute Gasteiger partial charge is 0.333 e. The summed E-state index contributed by atoms with van der Waals surface area (Å²) >= 11 is 0. The van der Waals surface area contributed by atoms with Gasteiger partial charge >= 0.3 is 5.69 Å².